The molecule has 0 saturated heterocycles. The zero-order valence-electron chi connectivity index (χ0n) is 16.3. The van der Waals surface area contributed by atoms with E-state index in [0.717, 1.165) is 28.0 Å². The van der Waals surface area contributed by atoms with Crippen molar-refractivity contribution >= 4 is 40.1 Å². The first-order valence-electron chi connectivity index (χ1n) is 9.14. The molecule has 0 fully saturated rings. The molecule has 3 aromatic carbocycles. The molecule has 0 spiro atoms. The van der Waals surface area contributed by atoms with Gasteiger partial charge in [0.25, 0.3) is 0 Å². The average molecular weight is 440 g/mol. The van der Waals surface area contributed by atoms with Crippen molar-refractivity contribution in [2.24, 2.45) is 0 Å². The van der Waals surface area contributed by atoms with Gasteiger partial charge in [0.05, 0.1) is 12.9 Å². The summed E-state index contributed by atoms with van der Waals surface area (Å²) in [6, 6.07) is 18.5. The van der Waals surface area contributed by atoms with Crippen LogP contribution in [0.4, 0.5) is 0 Å². The maximum atomic E-state index is 12.5. The molecular formula is C22H18ClN3O3S. The molecule has 4 aromatic rings. The number of esters is 1. The number of aromatic nitrogens is 3. The van der Waals surface area contributed by atoms with Crippen LogP contribution in [0.25, 0.3) is 16.5 Å². The third-order valence-electron chi connectivity index (χ3n) is 4.50. The summed E-state index contributed by atoms with van der Waals surface area (Å²) >= 11 is 7.50. The highest BCUT2D eigenvalue weighted by atomic mass is 35.5. The number of halogens is 1. The molecule has 0 aliphatic heterocycles. The van der Waals surface area contributed by atoms with Crippen molar-refractivity contribution < 1.29 is 14.3 Å². The van der Waals surface area contributed by atoms with Gasteiger partial charge in [-0.25, -0.2) is 0 Å². The van der Waals surface area contributed by atoms with E-state index in [0.29, 0.717) is 15.9 Å². The highest BCUT2D eigenvalue weighted by Gasteiger charge is 2.15. The lowest BCUT2D eigenvalue weighted by atomic mass is 10.1. The maximum Gasteiger partial charge on any atom is 0.321 e. The van der Waals surface area contributed by atoms with Crippen molar-refractivity contribution in [3.63, 3.8) is 0 Å². The van der Waals surface area contributed by atoms with Gasteiger partial charge in [-0.05, 0) is 43.3 Å². The van der Waals surface area contributed by atoms with Gasteiger partial charge in [-0.3, -0.25) is 9.36 Å². The monoisotopic (exact) mass is 439 g/mol. The number of ether oxygens (including phenoxy) is 2. The summed E-state index contributed by atoms with van der Waals surface area (Å²) in [6.45, 7) is 1.86. The van der Waals surface area contributed by atoms with Gasteiger partial charge >= 0.3 is 5.97 Å². The number of hydrogen-bond acceptors (Lipinski definition) is 6. The van der Waals surface area contributed by atoms with E-state index in [2.05, 4.69) is 10.2 Å². The third-order valence-corrected chi connectivity index (χ3v) is 5.73. The fraction of sp³-hybridized carbons (Fsp3) is 0.136. The Morgan fingerprint density at radius 3 is 2.50 bits per heavy atom. The molecule has 4 rings (SSSR count). The largest absolute Gasteiger partial charge is 0.497 e. The Morgan fingerprint density at radius 2 is 1.77 bits per heavy atom. The van der Waals surface area contributed by atoms with E-state index in [1.807, 2.05) is 60.0 Å². The molecule has 0 N–H and O–H groups in total. The van der Waals surface area contributed by atoms with Crippen molar-refractivity contribution in [2.75, 3.05) is 12.9 Å². The van der Waals surface area contributed by atoms with Gasteiger partial charge in [0.1, 0.15) is 17.3 Å². The van der Waals surface area contributed by atoms with Gasteiger partial charge in [0.2, 0.25) is 0 Å². The Morgan fingerprint density at radius 1 is 1.03 bits per heavy atom. The number of aryl methyl sites for hydroxylation is 1. The van der Waals surface area contributed by atoms with E-state index >= 15 is 0 Å². The van der Waals surface area contributed by atoms with Gasteiger partial charge in [0.15, 0.2) is 5.16 Å². The first-order valence-corrected chi connectivity index (χ1v) is 10.5. The van der Waals surface area contributed by atoms with Gasteiger partial charge in [0, 0.05) is 21.5 Å². The minimum absolute atomic E-state index is 0.0885. The lowest BCUT2D eigenvalue weighted by Gasteiger charge is -2.10. The van der Waals surface area contributed by atoms with Gasteiger partial charge < -0.3 is 9.47 Å². The molecule has 8 heteroatoms. The smallest absolute Gasteiger partial charge is 0.321 e. The fourth-order valence-corrected chi connectivity index (χ4v) is 4.06. The van der Waals surface area contributed by atoms with E-state index in [1.54, 1.807) is 19.2 Å². The van der Waals surface area contributed by atoms with Crippen molar-refractivity contribution in [2.45, 2.75) is 12.1 Å². The first-order chi connectivity index (χ1) is 14.6. The van der Waals surface area contributed by atoms with Crippen LogP contribution in [0.1, 0.15) is 5.82 Å². The Labute approximate surface area is 182 Å². The number of rotatable bonds is 6. The second-order valence-electron chi connectivity index (χ2n) is 6.42. The van der Waals surface area contributed by atoms with Crippen LogP contribution in [0.2, 0.25) is 5.02 Å². The number of thioether (sulfide) groups is 1. The minimum atomic E-state index is -0.380. The molecule has 0 saturated carbocycles. The number of benzene rings is 3. The molecule has 1 heterocycles. The van der Waals surface area contributed by atoms with E-state index < -0.39 is 0 Å². The molecule has 6 nitrogen and oxygen atoms in total. The van der Waals surface area contributed by atoms with E-state index in [-0.39, 0.29) is 11.7 Å². The van der Waals surface area contributed by atoms with Crippen LogP contribution in [-0.2, 0) is 4.79 Å². The average Bonchev–Trinajstić information content (AvgIpc) is 3.15. The molecule has 0 amide bonds. The summed E-state index contributed by atoms with van der Waals surface area (Å²) in [5.41, 5.74) is 0.887. The van der Waals surface area contributed by atoms with Crippen LogP contribution >= 0.6 is 23.4 Å². The van der Waals surface area contributed by atoms with Crippen molar-refractivity contribution in [1.29, 1.82) is 0 Å². The van der Waals surface area contributed by atoms with Crippen molar-refractivity contribution in [3.05, 3.63) is 71.5 Å². The first kappa shape index (κ1) is 20.3. The molecule has 0 unspecified atom stereocenters. The minimum Gasteiger partial charge on any atom is -0.497 e. The van der Waals surface area contributed by atoms with E-state index in [4.69, 9.17) is 21.1 Å². The predicted molar refractivity (Wildman–Crippen MR) is 118 cm³/mol. The zero-order valence-corrected chi connectivity index (χ0v) is 17.9. The summed E-state index contributed by atoms with van der Waals surface area (Å²) in [4.78, 5) is 12.5. The van der Waals surface area contributed by atoms with Crippen LogP contribution in [0.15, 0.2) is 65.8 Å². The molecular weight excluding hydrogens is 422 g/mol. The fourth-order valence-electron chi connectivity index (χ4n) is 3.06. The number of hydrogen-bond donors (Lipinski definition) is 0. The topological polar surface area (TPSA) is 66.2 Å². The van der Waals surface area contributed by atoms with Crippen LogP contribution < -0.4 is 9.47 Å². The number of methoxy groups -OCH3 is 1. The SMILES string of the molecule is COc1ccc(-n2c(C)nnc2SCC(=O)Oc2ccc(Cl)c3ccccc23)cc1. The quantitative estimate of drug-likeness (QED) is 0.237. The van der Waals surface area contributed by atoms with Crippen molar-refractivity contribution in [1.82, 2.24) is 14.8 Å². The molecule has 152 valence electrons. The van der Waals surface area contributed by atoms with Crippen LogP contribution in [-0.4, -0.2) is 33.6 Å². The Bertz CT molecular complexity index is 1210. The van der Waals surface area contributed by atoms with Crippen LogP contribution in [0.3, 0.4) is 0 Å². The molecule has 0 bridgehead atoms. The second-order valence-corrected chi connectivity index (χ2v) is 7.77. The molecule has 0 aliphatic rings. The number of nitrogens with zero attached hydrogens (tertiary/aromatic N) is 3. The summed E-state index contributed by atoms with van der Waals surface area (Å²) in [7, 11) is 1.62. The lowest BCUT2D eigenvalue weighted by Crippen LogP contribution is -2.12. The summed E-state index contributed by atoms with van der Waals surface area (Å²) in [6.07, 6.45) is 0. The number of carbonyl (C=O) groups is 1. The molecule has 1 aromatic heterocycles. The standard InChI is InChI=1S/C22H18ClN3O3S/c1-14-24-25-22(26(14)15-7-9-16(28-2)10-8-15)30-13-21(27)29-20-12-11-19(23)17-5-3-4-6-18(17)20/h3-12H,13H2,1-2H3. The Hall–Kier alpha value is -3.03. The maximum absolute atomic E-state index is 12.5. The molecule has 30 heavy (non-hydrogen) atoms. The molecule has 0 radical (unpaired) electrons. The number of fused-ring (bicyclic) bond motifs is 1. The van der Waals surface area contributed by atoms with E-state index in [1.165, 1.54) is 11.8 Å². The summed E-state index contributed by atoms with van der Waals surface area (Å²) in [5.74, 6) is 1.67. The normalized spacial score (nSPS) is 10.9. The zero-order chi connectivity index (χ0) is 21.1. The van der Waals surface area contributed by atoms with Gasteiger partial charge in [-0.2, -0.15) is 0 Å². The highest BCUT2D eigenvalue weighted by Crippen LogP contribution is 2.32. The van der Waals surface area contributed by atoms with Gasteiger partial charge in [-0.1, -0.05) is 47.6 Å². The molecule has 0 aliphatic carbocycles. The summed E-state index contributed by atoms with van der Waals surface area (Å²) < 4.78 is 12.7. The van der Waals surface area contributed by atoms with Gasteiger partial charge in [-0.15, -0.1) is 10.2 Å². The summed E-state index contributed by atoms with van der Waals surface area (Å²) in [5, 5.41) is 11.2. The van der Waals surface area contributed by atoms with Crippen LogP contribution in [0.5, 0.6) is 11.5 Å². The Balaban J connectivity index is 1.49. The van der Waals surface area contributed by atoms with E-state index in [9.17, 15) is 4.79 Å². The predicted octanol–water partition coefficient (Wildman–Crippen LogP) is 5.09. The second kappa shape index (κ2) is 8.77. The van der Waals surface area contributed by atoms with Crippen molar-refractivity contribution in [3.8, 4) is 17.2 Å². The highest BCUT2D eigenvalue weighted by molar-refractivity contribution is 7.99. The lowest BCUT2D eigenvalue weighted by molar-refractivity contribution is -0.131. The van der Waals surface area contributed by atoms with Crippen LogP contribution in [0, 0.1) is 6.92 Å². The number of carbonyl (C=O) groups excluding carboxylic acids is 1. The Kier molecular flexibility index (Phi) is 5.92. The third kappa shape index (κ3) is 4.13. The molecule has 0 atom stereocenters.